The summed E-state index contributed by atoms with van der Waals surface area (Å²) < 4.78 is 41.6. The lowest BCUT2D eigenvalue weighted by Crippen LogP contribution is -2.20. The first-order valence-electron chi connectivity index (χ1n) is 5.66. The lowest BCUT2D eigenvalue weighted by molar-refractivity contribution is -0.275. The van der Waals surface area contributed by atoms with Crippen LogP contribution in [0.2, 0.25) is 0 Å². The Bertz CT molecular complexity index is 432. The fraction of sp³-hybridized carbons (Fsp3) is 0.500. The van der Waals surface area contributed by atoms with E-state index < -0.39 is 12.4 Å². The maximum atomic E-state index is 12.3. The van der Waals surface area contributed by atoms with Crippen LogP contribution < -0.4 is 10.5 Å². The van der Waals surface area contributed by atoms with Gasteiger partial charge in [0, 0.05) is 16.1 Å². The van der Waals surface area contributed by atoms with Gasteiger partial charge in [-0.15, -0.1) is 13.2 Å². The number of hydrogen-bond acceptors (Lipinski definition) is 2. The molecule has 6 heteroatoms. The van der Waals surface area contributed by atoms with E-state index in [1.54, 1.807) is 6.07 Å². The molecular weight excluding hydrogens is 311 g/mol. The Labute approximate surface area is 111 Å². The molecule has 100 valence electrons. The van der Waals surface area contributed by atoms with Crippen molar-refractivity contribution in [1.29, 1.82) is 0 Å². The minimum atomic E-state index is -4.69. The van der Waals surface area contributed by atoms with E-state index in [9.17, 15) is 13.2 Å². The minimum absolute atomic E-state index is 0.209. The monoisotopic (exact) mass is 323 g/mol. The molecule has 0 aromatic heterocycles. The summed E-state index contributed by atoms with van der Waals surface area (Å²) in [6.45, 7) is 0. The summed E-state index contributed by atoms with van der Waals surface area (Å²) in [6.07, 6.45) is -1.78. The van der Waals surface area contributed by atoms with Crippen molar-refractivity contribution in [2.24, 2.45) is 11.7 Å². The van der Waals surface area contributed by atoms with Crippen LogP contribution in [0.1, 0.15) is 30.9 Å². The van der Waals surface area contributed by atoms with E-state index in [1.807, 2.05) is 0 Å². The standard InChI is InChI=1S/C12H13BrF3NO/c13-8-3-4-11(18-12(14,15)16)9(6-8)10(17)5-7-1-2-7/h3-4,6-7,10H,1-2,5,17H2/t10-/m1/s1. The first-order valence-corrected chi connectivity index (χ1v) is 6.45. The lowest BCUT2D eigenvalue weighted by atomic mass is 10.0. The Kier molecular flexibility index (Phi) is 3.87. The third-order valence-corrected chi connectivity index (χ3v) is 3.37. The SMILES string of the molecule is N[C@H](CC1CC1)c1cc(Br)ccc1OC(F)(F)F. The molecule has 0 unspecified atom stereocenters. The first-order chi connectivity index (χ1) is 8.35. The minimum Gasteiger partial charge on any atom is -0.405 e. The van der Waals surface area contributed by atoms with Crippen molar-refractivity contribution in [1.82, 2.24) is 0 Å². The number of nitrogens with two attached hydrogens (primary N) is 1. The molecule has 0 radical (unpaired) electrons. The van der Waals surface area contributed by atoms with Crippen molar-refractivity contribution in [2.45, 2.75) is 31.7 Å². The summed E-state index contributed by atoms with van der Waals surface area (Å²) >= 11 is 3.23. The summed E-state index contributed by atoms with van der Waals surface area (Å²) in [6, 6.07) is 3.97. The number of hydrogen-bond donors (Lipinski definition) is 1. The highest BCUT2D eigenvalue weighted by atomic mass is 79.9. The third kappa shape index (κ3) is 3.88. The van der Waals surface area contributed by atoms with E-state index in [0.717, 1.165) is 12.8 Å². The van der Waals surface area contributed by atoms with Crippen LogP contribution in [-0.4, -0.2) is 6.36 Å². The Hall–Kier alpha value is -0.750. The summed E-state index contributed by atoms with van der Waals surface area (Å²) in [4.78, 5) is 0. The van der Waals surface area contributed by atoms with Crippen molar-refractivity contribution in [3.05, 3.63) is 28.2 Å². The Balaban J connectivity index is 2.21. The third-order valence-electron chi connectivity index (χ3n) is 2.88. The predicted molar refractivity (Wildman–Crippen MR) is 65.1 cm³/mol. The Morgan fingerprint density at radius 1 is 1.39 bits per heavy atom. The molecule has 1 fully saturated rings. The van der Waals surface area contributed by atoms with Crippen molar-refractivity contribution < 1.29 is 17.9 Å². The van der Waals surface area contributed by atoms with Gasteiger partial charge in [0.15, 0.2) is 0 Å². The summed E-state index contributed by atoms with van der Waals surface area (Å²) in [7, 11) is 0. The molecule has 0 aliphatic heterocycles. The fourth-order valence-electron chi connectivity index (χ4n) is 1.87. The maximum Gasteiger partial charge on any atom is 0.573 e. The summed E-state index contributed by atoms with van der Waals surface area (Å²) in [5.41, 5.74) is 6.35. The molecule has 0 amide bonds. The molecule has 1 aromatic carbocycles. The molecule has 0 spiro atoms. The van der Waals surface area contributed by atoms with Gasteiger partial charge in [-0.3, -0.25) is 0 Å². The molecule has 1 aliphatic carbocycles. The second-order valence-corrected chi connectivity index (χ2v) is 5.43. The molecule has 1 saturated carbocycles. The second-order valence-electron chi connectivity index (χ2n) is 4.52. The zero-order valence-electron chi connectivity index (χ0n) is 9.51. The molecule has 0 heterocycles. The van der Waals surface area contributed by atoms with E-state index in [1.165, 1.54) is 12.1 Å². The van der Waals surface area contributed by atoms with Crippen LogP contribution in [0.4, 0.5) is 13.2 Å². The molecular formula is C12H13BrF3NO. The maximum absolute atomic E-state index is 12.3. The summed E-state index contributed by atoms with van der Waals surface area (Å²) in [5, 5.41) is 0. The number of alkyl halides is 3. The Morgan fingerprint density at radius 3 is 2.61 bits per heavy atom. The van der Waals surface area contributed by atoms with E-state index in [0.29, 0.717) is 22.4 Å². The Morgan fingerprint density at radius 2 is 2.06 bits per heavy atom. The van der Waals surface area contributed by atoms with Crippen molar-refractivity contribution in [2.75, 3.05) is 0 Å². The average Bonchev–Trinajstić information content (AvgIpc) is 3.02. The number of rotatable bonds is 4. The quantitative estimate of drug-likeness (QED) is 0.903. The molecule has 2 rings (SSSR count). The van der Waals surface area contributed by atoms with Crippen LogP contribution in [-0.2, 0) is 0 Å². The normalized spacial score (nSPS) is 17.6. The zero-order valence-corrected chi connectivity index (χ0v) is 11.1. The van der Waals surface area contributed by atoms with Crippen molar-refractivity contribution in [3.8, 4) is 5.75 Å². The molecule has 2 N–H and O–H groups in total. The number of halogens is 4. The van der Waals surface area contributed by atoms with Crippen LogP contribution in [0.5, 0.6) is 5.75 Å². The molecule has 18 heavy (non-hydrogen) atoms. The van der Waals surface area contributed by atoms with Gasteiger partial charge in [0.1, 0.15) is 5.75 Å². The van der Waals surface area contributed by atoms with Gasteiger partial charge in [-0.05, 0) is 30.5 Å². The second kappa shape index (κ2) is 5.09. The van der Waals surface area contributed by atoms with Crippen molar-refractivity contribution >= 4 is 15.9 Å². The van der Waals surface area contributed by atoms with Crippen LogP contribution in [0.3, 0.4) is 0 Å². The van der Waals surface area contributed by atoms with E-state index in [4.69, 9.17) is 5.73 Å². The van der Waals surface area contributed by atoms with Gasteiger partial charge < -0.3 is 10.5 Å². The molecule has 1 aliphatic rings. The van der Waals surface area contributed by atoms with Gasteiger partial charge in [-0.2, -0.15) is 0 Å². The highest BCUT2D eigenvalue weighted by Crippen LogP contribution is 2.40. The molecule has 1 atom stereocenters. The number of benzene rings is 1. The van der Waals surface area contributed by atoms with Crippen LogP contribution in [0.15, 0.2) is 22.7 Å². The largest absolute Gasteiger partial charge is 0.573 e. The van der Waals surface area contributed by atoms with Gasteiger partial charge in [-0.25, -0.2) is 0 Å². The average molecular weight is 324 g/mol. The topological polar surface area (TPSA) is 35.2 Å². The van der Waals surface area contributed by atoms with Crippen molar-refractivity contribution in [3.63, 3.8) is 0 Å². The molecule has 0 bridgehead atoms. The summed E-state index contributed by atoms with van der Waals surface area (Å²) in [5.74, 6) is 0.330. The molecule has 1 aromatic rings. The van der Waals surface area contributed by atoms with Gasteiger partial charge in [0.25, 0.3) is 0 Å². The van der Waals surface area contributed by atoms with Crippen LogP contribution in [0.25, 0.3) is 0 Å². The smallest absolute Gasteiger partial charge is 0.405 e. The van der Waals surface area contributed by atoms with E-state index in [2.05, 4.69) is 20.7 Å². The highest BCUT2D eigenvalue weighted by Gasteiger charge is 2.33. The lowest BCUT2D eigenvalue weighted by Gasteiger charge is -2.18. The van der Waals surface area contributed by atoms with Gasteiger partial charge >= 0.3 is 6.36 Å². The first kappa shape index (κ1) is 13.7. The number of ether oxygens (including phenoxy) is 1. The highest BCUT2D eigenvalue weighted by molar-refractivity contribution is 9.10. The van der Waals surface area contributed by atoms with Crippen LogP contribution >= 0.6 is 15.9 Å². The van der Waals surface area contributed by atoms with Crippen LogP contribution in [0, 0.1) is 5.92 Å². The van der Waals surface area contributed by atoms with Gasteiger partial charge in [-0.1, -0.05) is 28.8 Å². The molecule has 2 nitrogen and oxygen atoms in total. The fourth-order valence-corrected chi connectivity index (χ4v) is 2.25. The van der Waals surface area contributed by atoms with Gasteiger partial charge in [0.05, 0.1) is 0 Å². The predicted octanol–water partition coefficient (Wildman–Crippen LogP) is 4.15. The van der Waals surface area contributed by atoms with Gasteiger partial charge in [0.2, 0.25) is 0 Å². The van der Waals surface area contributed by atoms with E-state index >= 15 is 0 Å². The van der Waals surface area contributed by atoms with E-state index in [-0.39, 0.29) is 5.75 Å². The molecule has 0 saturated heterocycles. The zero-order chi connectivity index (χ0) is 13.3.